The lowest BCUT2D eigenvalue weighted by atomic mass is 10.0. The first-order valence-corrected chi connectivity index (χ1v) is 9.08. The molecule has 1 rings (SSSR count). The number of rotatable bonds is 8. The SMILES string of the molecule is CCCc1ccc(C(N)CN(C)CCS(C)(=O)=O)cc1. The molecular formula is C15H26N2O2S. The molecule has 1 aromatic carbocycles. The van der Waals surface area contributed by atoms with Crippen LogP contribution in [0.2, 0.25) is 0 Å². The smallest absolute Gasteiger partial charge is 0.148 e. The molecule has 0 radical (unpaired) electrons. The van der Waals surface area contributed by atoms with Gasteiger partial charge in [0.25, 0.3) is 0 Å². The Morgan fingerprint density at radius 2 is 1.85 bits per heavy atom. The second-order valence-electron chi connectivity index (χ2n) is 5.49. The Balaban J connectivity index is 2.50. The van der Waals surface area contributed by atoms with Crippen molar-refractivity contribution in [2.45, 2.75) is 25.8 Å². The lowest BCUT2D eigenvalue weighted by molar-refractivity contribution is 0.329. The number of hydrogen-bond acceptors (Lipinski definition) is 4. The van der Waals surface area contributed by atoms with E-state index in [2.05, 4.69) is 31.2 Å². The van der Waals surface area contributed by atoms with Gasteiger partial charge in [-0.2, -0.15) is 0 Å². The predicted octanol–water partition coefficient (Wildman–Crippen LogP) is 1.62. The van der Waals surface area contributed by atoms with Crippen LogP contribution in [0.15, 0.2) is 24.3 Å². The minimum Gasteiger partial charge on any atom is -0.323 e. The monoisotopic (exact) mass is 298 g/mol. The third-order valence-electron chi connectivity index (χ3n) is 3.30. The summed E-state index contributed by atoms with van der Waals surface area (Å²) >= 11 is 0. The third kappa shape index (κ3) is 6.50. The van der Waals surface area contributed by atoms with Crippen LogP contribution in [0.25, 0.3) is 0 Å². The van der Waals surface area contributed by atoms with E-state index in [9.17, 15) is 8.42 Å². The number of benzene rings is 1. The van der Waals surface area contributed by atoms with Gasteiger partial charge in [0.1, 0.15) is 9.84 Å². The van der Waals surface area contributed by atoms with E-state index in [1.54, 1.807) is 0 Å². The average Bonchev–Trinajstić information content (AvgIpc) is 2.37. The van der Waals surface area contributed by atoms with Crippen LogP contribution in [0.4, 0.5) is 0 Å². The van der Waals surface area contributed by atoms with Crippen molar-refractivity contribution in [2.24, 2.45) is 5.73 Å². The van der Waals surface area contributed by atoms with Gasteiger partial charge >= 0.3 is 0 Å². The minimum atomic E-state index is -2.91. The second-order valence-corrected chi connectivity index (χ2v) is 7.75. The highest BCUT2D eigenvalue weighted by molar-refractivity contribution is 7.90. The summed E-state index contributed by atoms with van der Waals surface area (Å²) in [6.45, 7) is 3.33. The summed E-state index contributed by atoms with van der Waals surface area (Å²) in [7, 11) is -1.01. The molecule has 1 aromatic rings. The Morgan fingerprint density at radius 3 is 2.35 bits per heavy atom. The molecule has 0 aromatic heterocycles. The summed E-state index contributed by atoms with van der Waals surface area (Å²) in [5, 5.41) is 0. The Kier molecular flexibility index (Phi) is 6.65. The topological polar surface area (TPSA) is 63.4 Å². The second kappa shape index (κ2) is 7.76. The Morgan fingerprint density at radius 1 is 1.25 bits per heavy atom. The van der Waals surface area contributed by atoms with Gasteiger partial charge in [0, 0.05) is 25.4 Å². The number of hydrogen-bond donors (Lipinski definition) is 1. The summed E-state index contributed by atoms with van der Waals surface area (Å²) in [4.78, 5) is 1.96. The van der Waals surface area contributed by atoms with Crippen LogP contribution in [0, 0.1) is 0 Å². The molecule has 0 bridgehead atoms. The highest BCUT2D eigenvalue weighted by Gasteiger charge is 2.11. The van der Waals surface area contributed by atoms with E-state index >= 15 is 0 Å². The first-order valence-electron chi connectivity index (χ1n) is 7.02. The Bertz CT molecular complexity index is 497. The number of nitrogens with zero attached hydrogens (tertiary/aromatic N) is 1. The van der Waals surface area contributed by atoms with Crippen molar-refractivity contribution in [1.29, 1.82) is 0 Å². The normalized spacial score (nSPS) is 13.7. The molecule has 5 heteroatoms. The standard InChI is InChI=1S/C15H26N2O2S/c1-4-5-13-6-8-14(9-7-13)15(16)12-17(2)10-11-20(3,18)19/h6-9,15H,4-5,10-12,16H2,1-3H3. The Labute approximate surface area is 122 Å². The first-order chi connectivity index (χ1) is 9.31. The molecule has 0 aliphatic heterocycles. The maximum atomic E-state index is 11.1. The molecule has 1 atom stereocenters. The first kappa shape index (κ1) is 17.1. The molecule has 0 amide bonds. The quantitative estimate of drug-likeness (QED) is 0.792. The fraction of sp³-hybridized carbons (Fsp3) is 0.600. The van der Waals surface area contributed by atoms with Crippen LogP contribution >= 0.6 is 0 Å². The number of nitrogens with two attached hydrogens (primary N) is 1. The zero-order valence-electron chi connectivity index (χ0n) is 12.7. The predicted molar refractivity (Wildman–Crippen MR) is 84.6 cm³/mol. The zero-order chi connectivity index (χ0) is 15.2. The number of aryl methyl sites for hydroxylation is 1. The minimum absolute atomic E-state index is 0.0877. The van der Waals surface area contributed by atoms with E-state index in [-0.39, 0.29) is 11.8 Å². The van der Waals surface area contributed by atoms with Gasteiger partial charge in [-0.25, -0.2) is 8.42 Å². The summed E-state index contributed by atoms with van der Waals surface area (Å²) in [6, 6.07) is 8.29. The van der Waals surface area contributed by atoms with Gasteiger partial charge < -0.3 is 10.6 Å². The van der Waals surface area contributed by atoms with E-state index in [1.165, 1.54) is 11.8 Å². The molecular weight excluding hydrogens is 272 g/mol. The van der Waals surface area contributed by atoms with Crippen LogP contribution in [0.1, 0.15) is 30.5 Å². The van der Waals surface area contributed by atoms with Crippen molar-refractivity contribution in [3.05, 3.63) is 35.4 Å². The molecule has 2 N–H and O–H groups in total. The van der Waals surface area contributed by atoms with E-state index in [0.29, 0.717) is 13.1 Å². The van der Waals surface area contributed by atoms with Crippen molar-refractivity contribution < 1.29 is 8.42 Å². The summed E-state index contributed by atoms with van der Waals surface area (Å²) in [6.07, 6.45) is 3.48. The maximum absolute atomic E-state index is 11.1. The van der Waals surface area contributed by atoms with E-state index in [1.807, 2.05) is 11.9 Å². The lowest BCUT2D eigenvalue weighted by Gasteiger charge is -2.21. The van der Waals surface area contributed by atoms with Gasteiger partial charge in [-0.3, -0.25) is 0 Å². The van der Waals surface area contributed by atoms with Crippen LogP contribution < -0.4 is 5.73 Å². The maximum Gasteiger partial charge on any atom is 0.148 e. The van der Waals surface area contributed by atoms with Crippen molar-refractivity contribution in [3.8, 4) is 0 Å². The number of likely N-dealkylation sites (N-methyl/N-ethyl adjacent to an activating group) is 1. The van der Waals surface area contributed by atoms with Crippen LogP contribution in [-0.2, 0) is 16.3 Å². The van der Waals surface area contributed by atoms with Crippen molar-refractivity contribution in [3.63, 3.8) is 0 Å². The summed E-state index contributed by atoms with van der Waals surface area (Å²) in [5.74, 6) is 0.172. The molecule has 0 saturated heterocycles. The molecule has 20 heavy (non-hydrogen) atoms. The molecule has 0 aliphatic rings. The summed E-state index contributed by atoms with van der Waals surface area (Å²) < 4.78 is 22.3. The van der Waals surface area contributed by atoms with Crippen molar-refractivity contribution in [2.75, 3.05) is 32.1 Å². The van der Waals surface area contributed by atoms with E-state index < -0.39 is 9.84 Å². The largest absolute Gasteiger partial charge is 0.323 e. The van der Waals surface area contributed by atoms with Crippen molar-refractivity contribution >= 4 is 9.84 Å². The third-order valence-corrected chi connectivity index (χ3v) is 4.22. The molecule has 4 nitrogen and oxygen atoms in total. The molecule has 0 spiro atoms. The molecule has 0 fully saturated rings. The lowest BCUT2D eigenvalue weighted by Crippen LogP contribution is -2.32. The van der Waals surface area contributed by atoms with Gasteiger partial charge in [-0.15, -0.1) is 0 Å². The summed E-state index contributed by atoms with van der Waals surface area (Å²) in [5.41, 5.74) is 8.59. The van der Waals surface area contributed by atoms with Crippen LogP contribution in [-0.4, -0.2) is 45.5 Å². The van der Waals surface area contributed by atoms with Crippen LogP contribution in [0.5, 0.6) is 0 Å². The van der Waals surface area contributed by atoms with E-state index in [0.717, 1.165) is 18.4 Å². The van der Waals surface area contributed by atoms with Gasteiger partial charge in [-0.1, -0.05) is 37.6 Å². The molecule has 0 heterocycles. The zero-order valence-corrected chi connectivity index (χ0v) is 13.5. The number of sulfone groups is 1. The van der Waals surface area contributed by atoms with Gasteiger partial charge in [0.2, 0.25) is 0 Å². The highest BCUT2D eigenvalue weighted by atomic mass is 32.2. The van der Waals surface area contributed by atoms with Crippen LogP contribution in [0.3, 0.4) is 0 Å². The molecule has 0 saturated carbocycles. The van der Waals surface area contributed by atoms with Gasteiger partial charge in [0.05, 0.1) is 5.75 Å². The highest BCUT2D eigenvalue weighted by Crippen LogP contribution is 2.13. The van der Waals surface area contributed by atoms with Gasteiger partial charge in [0.15, 0.2) is 0 Å². The molecule has 1 unspecified atom stereocenters. The average molecular weight is 298 g/mol. The van der Waals surface area contributed by atoms with Crippen molar-refractivity contribution in [1.82, 2.24) is 4.90 Å². The fourth-order valence-electron chi connectivity index (χ4n) is 2.07. The Hall–Kier alpha value is -0.910. The molecule has 0 aliphatic carbocycles. The molecule has 114 valence electrons. The van der Waals surface area contributed by atoms with E-state index in [4.69, 9.17) is 5.73 Å². The fourth-order valence-corrected chi connectivity index (χ4v) is 2.72. The van der Waals surface area contributed by atoms with Gasteiger partial charge in [-0.05, 0) is 24.6 Å².